The summed E-state index contributed by atoms with van der Waals surface area (Å²) in [6.45, 7) is 9.58. The number of esters is 2. The summed E-state index contributed by atoms with van der Waals surface area (Å²) in [6.07, 6.45) is -1.51. The van der Waals surface area contributed by atoms with Gasteiger partial charge in [0.05, 0.1) is 37.4 Å². The van der Waals surface area contributed by atoms with Crippen LogP contribution < -0.4 is 32.1 Å². The first-order valence-electron chi connectivity index (χ1n) is 25.3. The number of likely N-dealkylation sites (N-methyl/N-ethyl adjacent to an activating group) is 4. The van der Waals surface area contributed by atoms with Crippen LogP contribution in [0, 0.1) is 0 Å². The molecule has 0 aliphatic carbocycles. The van der Waals surface area contributed by atoms with Gasteiger partial charge < -0.3 is 70.0 Å². The van der Waals surface area contributed by atoms with Gasteiger partial charge in [0, 0.05) is 41.3 Å². The maximum atomic E-state index is 14.3. The molecule has 3 aliphatic heterocycles. The van der Waals surface area contributed by atoms with Crippen LogP contribution in [0.5, 0.6) is 0 Å². The van der Waals surface area contributed by atoms with Crippen LogP contribution in [0.4, 0.5) is 9.59 Å². The van der Waals surface area contributed by atoms with Crippen molar-refractivity contribution in [1.29, 1.82) is 0 Å². The molecule has 3 saturated heterocycles. The van der Waals surface area contributed by atoms with E-state index in [0.717, 1.165) is 43.7 Å². The minimum Gasteiger partial charge on any atom is -0.461 e. The SMILES string of the molecule is CN1CC(=O)N(C)[C@@H](C(C)(C)O)C(=O)OC[C@@H](NC(=O)OC(C)(C)C)C(=O)N2NCCC[C@H]2C(=O)NCC(=O)N(C)CC(=O)N(C)[C@@H](C(C)(C)O)C(=O)OC[C@@H](NC(=O)OC(C)(C)C)C(=O)N2NCCC[C@H]2C(=O)NCC1=O. The number of nitrogens with one attached hydrogen (secondary N) is 6. The van der Waals surface area contributed by atoms with E-state index in [-0.39, 0.29) is 25.9 Å². The van der Waals surface area contributed by atoms with Crippen LogP contribution in [0.25, 0.3) is 0 Å². The lowest BCUT2D eigenvalue weighted by molar-refractivity contribution is -0.166. The Morgan fingerprint density at radius 1 is 0.538 bits per heavy atom. The molecule has 0 bridgehead atoms. The summed E-state index contributed by atoms with van der Waals surface area (Å²) >= 11 is 0. The van der Waals surface area contributed by atoms with E-state index < -0.39 is 169 Å². The van der Waals surface area contributed by atoms with Crippen molar-refractivity contribution in [2.24, 2.45) is 0 Å². The standard InChI is InChI=1S/C48H80N12O18/c1-45(2,3)77-43(71)53-27-25-75-41(69)35(47(7,8)73)57(13)33(63)23-55(11)32(62)22-50-38(66)30-18-16-20-52-60(30)40(68)28(54-44(72)78-46(4,5)6)26-76-42(70)36(48(9,10)74)58(14)34(64)24-56(12)31(61)21-49-37(65)29-17-15-19-51-59(29)39(27)67/h27-30,35-36,51-52,73-74H,15-26H2,1-14H3,(H,49,65)(H,50,66)(H,53,71)(H,54,72)/t27-,28-,29+,30+,35-,36-/m1/s1. The van der Waals surface area contributed by atoms with Crippen molar-refractivity contribution < 1.29 is 86.7 Å². The van der Waals surface area contributed by atoms with E-state index in [0.29, 0.717) is 12.8 Å². The number of amides is 10. The maximum Gasteiger partial charge on any atom is 0.408 e. The molecule has 0 aromatic heterocycles. The highest BCUT2D eigenvalue weighted by atomic mass is 16.6. The number of alkyl carbamates (subject to hydrolysis) is 2. The molecule has 3 heterocycles. The molecule has 3 fully saturated rings. The van der Waals surface area contributed by atoms with Gasteiger partial charge in [0.25, 0.3) is 11.8 Å². The fraction of sp³-hybridized carbons (Fsp3) is 0.750. The Balaban J connectivity index is 2.08. The number of aliphatic hydroxyl groups is 2. The second-order valence-corrected chi connectivity index (χ2v) is 22.3. The van der Waals surface area contributed by atoms with Crippen LogP contribution in [-0.2, 0) is 66.9 Å². The third-order valence-corrected chi connectivity index (χ3v) is 12.1. The topological polar surface area (TPSA) is 374 Å². The van der Waals surface area contributed by atoms with Crippen LogP contribution in [0.2, 0.25) is 0 Å². The number of nitrogens with zero attached hydrogens (tertiary/aromatic N) is 6. The molecule has 3 rings (SSSR count). The van der Waals surface area contributed by atoms with Crippen LogP contribution in [0.1, 0.15) is 94.9 Å². The van der Waals surface area contributed by atoms with Crippen LogP contribution in [0.3, 0.4) is 0 Å². The van der Waals surface area contributed by atoms with E-state index in [1.54, 1.807) is 41.5 Å². The number of fused-ring (bicyclic) bond motifs is 2. The average molecular weight is 1110 g/mol. The first-order chi connectivity index (χ1) is 35.8. The smallest absolute Gasteiger partial charge is 0.408 e. The number of ether oxygens (including phenoxy) is 4. The van der Waals surface area contributed by atoms with Crippen LogP contribution in [0.15, 0.2) is 0 Å². The van der Waals surface area contributed by atoms with Gasteiger partial charge in [0.1, 0.15) is 48.6 Å². The van der Waals surface area contributed by atoms with E-state index in [4.69, 9.17) is 18.9 Å². The first-order valence-corrected chi connectivity index (χ1v) is 25.3. The molecule has 78 heavy (non-hydrogen) atoms. The first kappa shape index (κ1) is 65.4. The fourth-order valence-electron chi connectivity index (χ4n) is 8.27. The summed E-state index contributed by atoms with van der Waals surface area (Å²) in [5, 5.41) is 33.7. The van der Waals surface area contributed by atoms with Crippen molar-refractivity contribution in [2.75, 3.05) is 80.7 Å². The van der Waals surface area contributed by atoms with Crippen molar-refractivity contribution in [3.05, 3.63) is 0 Å². The van der Waals surface area contributed by atoms with Gasteiger partial charge in [-0.2, -0.15) is 0 Å². The molecule has 0 aromatic rings. The van der Waals surface area contributed by atoms with Gasteiger partial charge in [-0.05, 0) is 94.9 Å². The summed E-state index contributed by atoms with van der Waals surface area (Å²) in [7, 11) is 4.70. The molecule has 440 valence electrons. The summed E-state index contributed by atoms with van der Waals surface area (Å²) in [4.78, 5) is 168. The molecule has 0 spiro atoms. The van der Waals surface area contributed by atoms with E-state index in [1.807, 2.05) is 0 Å². The number of hydrogen-bond donors (Lipinski definition) is 8. The van der Waals surface area contributed by atoms with Crippen molar-refractivity contribution in [3.63, 3.8) is 0 Å². The highest BCUT2D eigenvalue weighted by Crippen LogP contribution is 2.21. The molecular formula is C48H80N12O18. The van der Waals surface area contributed by atoms with E-state index in [1.165, 1.54) is 41.8 Å². The number of carbonyl (C=O) groups is 12. The molecule has 0 aromatic carbocycles. The predicted molar refractivity (Wildman–Crippen MR) is 271 cm³/mol. The Bertz CT molecular complexity index is 2100. The van der Waals surface area contributed by atoms with Gasteiger partial charge in [0.2, 0.25) is 35.4 Å². The van der Waals surface area contributed by atoms with Gasteiger partial charge >= 0.3 is 24.1 Å². The number of hydrazine groups is 2. The summed E-state index contributed by atoms with van der Waals surface area (Å²) in [5.74, 6) is -9.74. The summed E-state index contributed by atoms with van der Waals surface area (Å²) < 4.78 is 21.7. The predicted octanol–water partition coefficient (Wildman–Crippen LogP) is -3.79. The Labute approximate surface area is 453 Å². The highest BCUT2D eigenvalue weighted by Gasteiger charge is 2.45. The lowest BCUT2D eigenvalue weighted by Gasteiger charge is -2.38. The number of hydrogen-bond acceptors (Lipinski definition) is 20. The van der Waals surface area contributed by atoms with Gasteiger partial charge in [-0.25, -0.2) is 30.0 Å². The fourth-order valence-corrected chi connectivity index (χ4v) is 8.27. The maximum absolute atomic E-state index is 14.3. The zero-order valence-corrected chi connectivity index (χ0v) is 47.1. The lowest BCUT2D eigenvalue weighted by Crippen LogP contribution is -2.64. The van der Waals surface area contributed by atoms with Crippen LogP contribution >= 0.6 is 0 Å². The van der Waals surface area contributed by atoms with E-state index in [2.05, 4.69) is 32.1 Å². The molecule has 8 N–H and O–H groups in total. The molecule has 0 saturated carbocycles. The second-order valence-electron chi connectivity index (χ2n) is 22.3. The number of carbonyl (C=O) groups excluding carboxylic acids is 12. The van der Waals surface area contributed by atoms with Gasteiger partial charge in [-0.1, -0.05) is 0 Å². The van der Waals surface area contributed by atoms with Crippen LogP contribution in [-0.4, -0.2) is 251 Å². The number of rotatable bonds is 4. The summed E-state index contributed by atoms with van der Waals surface area (Å²) in [6, 6.07) is -9.83. The van der Waals surface area contributed by atoms with Crippen molar-refractivity contribution in [1.82, 2.24) is 61.7 Å². The lowest BCUT2D eigenvalue weighted by atomic mass is 9.97. The molecule has 0 unspecified atom stereocenters. The van der Waals surface area contributed by atoms with Crippen molar-refractivity contribution >= 4 is 71.4 Å². The number of cyclic esters (lactones) is 2. The molecular weight excluding hydrogens is 1030 g/mol. The van der Waals surface area contributed by atoms with Gasteiger partial charge in [-0.3, -0.25) is 48.4 Å². The second kappa shape index (κ2) is 27.1. The normalized spacial score (nSPS) is 25.1. The monoisotopic (exact) mass is 1110 g/mol. The minimum atomic E-state index is -2.04. The van der Waals surface area contributed by atoms with Crippen molar-refractivity contribution in [2.45, 2.75) is 154 Å². The van der Waals surface area contributed by atoms with Gasteiger partial charge in [-0.15, -0.1) is 0 Å². The Kier molecular flexibility index (Phi) is 22.7. The minimum absolute atomic E-state index is 0.0316. The average Bonchev–Trinajstić information content (AvgIpc) is 3.31. The Hall–Kier alpha value is -6.92. The largest absolute Gasteiger partial charge is 0.461 e. The zero-order chi connectivity index (χ0) is 59.4. The molecule has 10 amide bonds. The van der Waals surface area contributed by atoms with E-state index >= 15 is 0 Å². The molecule has 6 atom stereocenters. The van der Waals surface area contributed by atoms with Crippen molar-refractivity contribution in [3.8, 4) is 0 Å². The third-order valence-electron chi connectivity index (χ3n) is 12.1. The molecule has 30 nitrogen and oxygen atoms in total. The van der Waals surface area contributed by atoms with E-state index in [9.17, 15) is 67.7 Å². The molecule has 0 radical (unpaired) electrons. The quantitative estimate of drug-likeness (QED) is 0.0989. The zero-order valence-electron chi connectivity index (χ0n) is 47.1. The Morgan fingerprint density at radius 2 is 0.859 bits per heavy atom. The third kappa shape index (κ3) is 19.2. The molecule has 30 heteroatoms. The summed E-state index contributed by atoms with van der Waals surface area (Å²) in [5.41, 5.74) is -0.663. The highest BCUT2D eigenvalue weighted by molar-refractivity contribution is 5.96. The Morgan fingerprint density at radius 3 is 1.15 bits per heavy atom. The van der Waals surface area contributed by atoms with Gasteiger partial charge in [0.15, 0.2) is 12.1 Å². The molecule has 3 aliphatic rings.